The lowest BCUT2D eigenvalue weighted by Crippen LogP contribution is -2.36. The van der Waals surface area contributed by atoms with Crippen molar-refractivity contribution in [1.29, 1.82) is 0 Å². The van der Waals surface area contributed by atoms with E-state index < -0.39 is 0 Å². The molecule has 4 heteroatoms. The number of amides is 1. The first-order valence-corrected chi connectivity index (χ1v) is 5.65. The molecule has 0 aliphatic rings. The molecule has 1 rings (SSSR count). The minimum atomic E-state index is 0.0459. The first kappa shape index (κ1) is 12.8. The molecule has 2 atom stereocenters. The van der Waals surface area contributed by atoms with E-state index in [1.165, 1.54) is 0 Å². The Morgan fingerprint density at radius 1 is 1.56 bits per heavy atom. The molecule has 1 heterocycles. The summed E-state index contributed by atoms with van der Waals surface area (Å²) in [6.45, 7) is 3.90. The third kappa shape index (κ3) is 4.98. The highest BCUT2D eigenvalue weighted by Gasteiger charge is 2.09. The van der Waals surface area contributed by atoms with Crippen LogP contribution in [0.5, 0.6) is 0 Å². The van der Waals surface area contributed by atoms with Crippen LogP contribution in [0.25, 0.3) is 0 Å². The third-order valence-corrected chi connectivity index (χ3v) is 2.31. The second kappa shape index (κ2) is 6.33. The van der Waals surface area contributed by atoms with Gasteiger partial charge in [0.1, 0.15) is 5.76 Å². The van der Waals surface area contributed by atoms with Crippen LogP contribution in [-0.2, 0) is 11.2 Å². The molecule has 0 saturated heterocycles. The summed E-state index contributed by atoms with van der Waals surface area (Å²) < 4.78 is 5.15. The van der Waals surface area contributed by atoms with Gasteiger partial charge in [0, 0.05) is 24.9 Å². The van der Waals surface area contributed by atoms with Gasteiger partial charge in [0.15, 0.2) is 0 Å². The molecular formula is C12H20N2O2. The van der Waals surface area contributed by atoms with Gasteiger partial charge in [0.2, 0.25) is 5.91 Å². The zero-order valence-electron chi connectivity index (χ0n) is 9.90. The Morgan fingerprint density at radius 3 is 2.88 bits per heavy atom. The maximum Gasteiger partial charge on any atom is 0.220 e. The lowest BCUT2D eigenvalue weighted by atomic mass is 10.1. The van der Waals surface area contributed by atoms with Crippen LogP contribution in [0, 0.1) is 0 Å². The van der Waals surface area contributed by atoms with Gasteiger partial charge in [-0.25, -0.2) is 0 Å². The Labute approximate surface area is 96.2 Å². The van der Waals surface area contributed by atoms with Gasteiger partial charge >= 0.3 is 0 Å². The van der Waals surface area contributed by atoms with Crippen LogP contribution >= 0.6 is 0 Å². The molecule has 1 aromatic rings. The van der Waals surface area contributed by atoms with E-state index in [0.717, 1.165) is 12.2 Å². The zero-order valence-corrected chi connectivity index (χ0v) is 9.90. The molecule has 0 saturated carbocycles. The second-order valence-electron chi connectivity index (χ2n) is 4.26. The van der Waals surface area contributed by atoms with E-state index in [2.05, 4.69) is 5.32 Å². The van der Waals surface area contributed by atoms with E-state index in [0.29, 0.717) is 12.8 Å². The molecule has 0 bridgehead atoms. The summed E-state index contributed by atoms with van der Waals surface area (Å²) in [6, 6.07) is 3.94. The van der Waals surface area contributed by atoms with Crippen LogP contribution in [0.4, 0.5) is 0 Å². The molecule has 0 fully saturated rings. The summed E-state index contributed by atoms with van der Waals surface area (Å²) in [5, 5.41) is 2.91. The summed E-state index contributed by atoms with van der Waals surface area (Å²) in [4.78, 5) is 11.5. The van der Waals surface area contributed by atoms with E-state index >= 15 is 0 Å². The Bertz CT molecular complexity index is 307. The number of rotatable bonds is 6. The quantitative estimate of drug-likeness (QED) is 0.768. The molecule has 0 radical (unpaired) electrons. The van der Waals surface area contributed by atoms with E-state index in [4.69, 9.17) is 10.2 Å². The van der Waals surface area contributed by atoms with Crippen molar-refractivity contribution in [2.45, 2.75) is 45.2 Å². The normalized spacial score (nSPS) is 14.4. The third-order valence-electron chi connectivity index (χ3n) is 2.31. The van der Waals surface area contributed by atoms with Gasteiger partial charge in [-0.3, -0.25) is 4.79 Å². The van der Waals surface area contributed by atoms with Crippen molar-refractivity contribution < 1.29 is 9.21 Å². The molecule has 4 nitrogen and oxygen atoms in total. The summed E-state index contributed by atoms with van der Waals surface area (Å²) in [6.07, 6.45) is 3.51. The molecule has 1 amide bonds. The van der Waals surface area contributed by atoms with E-state index in [1.807, 2.05) is 26.0 Å². The van der Waals surface area contributed by atoms with Gasteiger partial charge in [0.25, 0.3) is 0 Å². The number of hydrogen-bond donors (Lipinski definition) is 2. The number of nitrogens with one attached hydrogen (secondary N) is 1. The first-order chi connectivity index (χ1) is 7.58. The number of nitrogens with two attached hydrogens (primary N) is 1. The van der Waals surface area contributed by atoms with Crippen LogP contribution in [0.1, 0.15) is 32.4 Å². The molecule has 16 heavy (non-hydrogen) atoms. The van der Waals surface area contributed by atoms with Gasteiger partial charge in [-0.15, -0.1) is 0 Å². The van der Waals surface area contributed by atoms with Crippen molar-refractivity contribution in [2.24, 2.45) is 5.73 Å². The van der Waals surface area contributed by atoms with Crippen molar-refractivity contribution in [1.82, 2.24) is 5.32 Å². The molecule has 0 aromatic carbocycles. The summed E-state index contributed by atoms with van der Waals surface area (Å²) in [5.74, 6) is 0.888. The minimum Gasteiger partial charge on any atom is -0.469 e. The van der Waals surface area contributed by atoms with Crippen LogP contribution in [0.2, 0.25) is 0 Å². The van der Waals surface area contributed by atoms with Crippen molar-refractivity contribution in [2.75, 3.05) is 0 Å². The molecular weight excluding hydrogens is 204 g/mol. The van der Waals surface area contributed by atoms with Gasteiger partial charge < -0.3 is 15.5 Å². The number of hydrogen-bond acceptors (Lipinski definition) is 3. The highest BCUT2D eigenvalue weighted by atomic mass is 16.3. The van der Waals surface area contributed by atoms with Gasteiger partial charge in [-0.05, 0) is 32.4 Å². The summed E-state index contributed by atoms with van der Waals surface area (Å²) in [5.41, 5.74) is 5.65. The Kier molecular flexibility index (Phi) is 5.05. The lowest BCUT2D eigenvalue weighted by molar-refractivity contribution is -0.121. The van der Waals surface area contributed by atoms with Crippen molar-refractivity contribution in [3.8, 4) is 0 Å². The number of carbonyl (C=O) groups is 1. The van der Waals surface area contributed by atoms with E-state index in [1.54, 1.807) is 6.26 Å². The molecule has 1 aromatic heterocycles. The lowest BCUT2D eigenvalue weighted by Gasteiger charge is -2.15. The molecule has 2 unspecified atom stereocenters. The van der Waals surface area contributed by atoms with Crippen LogP contribution in [-0.4, -0.2) is 18.0 Å². The van der Waals surface area contributed by atoms with Crippen LogP contribution in [0.15, 0.2) is 22.8 Å². The predicted molar refractivity (Wildman–Crippen MR) is 62.9 cm³/mol. The second-order valence-corrected chi connectivity index (χ2v) is 4.26. The Balaban J connectivity index is 2.20. The van der Waals surface area contributed by atoms with Crippen molar-refractivity contribution in [3.63, 3.8) is 0 Å². The maximum absolute atomic E-state index is 11.5. The van der Waals surface area contributed by atoms with E-state index in [-0.39, 0.29) is 18.0 Å². The zero-order chi connectivity index (χ0) is 12.0. The van der Waals surface area contributed by atoms with Crippen molar-refractivity contribution >= 4 is 5.91 Å². The van der Waals surface area contributed by atoms with Gasteiger partial charge in [0.05, 0.1) is 6.26 Å². The van der Waals surface area contributed by atoms with E-state index in [9.17, 15) is 4.79 Å². The maximum atomic E-state index is 11.5. The van der Waals surface area contributed by atoms with Crippen LogP contribution < -0.4 is 11.1 Å². The molecule has 3 N–H and O–H groups in total. The standard InChI is InChI=1S/C12H20N2O2/c1-9(13)8-10(2)14-12(15)6-5-11-4-3-7-16-11/h3-4,7,9-10H,5-6,8,13H2,1-2H3,(H,14,15). The average molecular weight is 224 g/mol. The van der Waals surface area contributed by atoms with Gasteiger partial charge in [-0.2, -0.15) is 0 Å². The number of aryl methyl sites for hydroxylation is 1. The minimum absolute atomic E-state index is 0.0459. The number of carbonyl (C=O) groups excluding carboxylic acids is 1. The summed E-state index contributed by atoms with van der Waals surface area (Å²) in [7, 11) is 0. The fourth-order valence-corrected chi connectivity index (χ4v) is 1.66. The predicted octanol–water partition coefficient (Wildman–Crippen LogP) is 1.45. The van der Waals surface area contributed by atoms with Gasteiger partial charge in [-0.1, -0.05) is 0 Å². The molecule has 0 spiro atoms. The smallest absolute Gasteiger partial charge is 0.220 e. The molecule has 0 aliphatic carbocycles. The Hall–Kier alpha value is -1.29. The first-order valence-electron chi connectivity index (χ1n) is 5.65. The monoisotopic (exact) mass is 224 g/mol. The number of furan rings is 1. The van der Waals surface area contributed by atoms with Crippen molar-refractivity contribution in [3.05, 3.63) is 24.2 Å². The fraction of sp³-hybridized carbons (Fsp3) is 0.583. The highest BCUT2D eigenvalue weighted by Crippen LogP contribution is 2.04. The molecule has 0 aliphatic heterocycles. The summed E-state index contributed by atoms with van der Waals surface area (Å²) >= 11 is 0. The Morgan fingerprint density at radius 2 is 2.31 bits per heavy atom. The largest absolute Gasteiger partial charge is 0.469 e. The highest BCUT2D eigenvalue weighted by molar-refractivity contribution is 5.76. The SMILES string of the molecule is CC(N)CC(C)NC(=O)CCc1ccco1. The topological polar surface area (TPSA) is 68.3 Å². The molecule has 90 valence electrons. The fourth-order valence-electron chi connectivity index (χ4n) is 1.66. The average Bonchev–Trinajstić information content (AvgIpc) is 2.65. The van der Waals surface area contributed by atoms with Crippen LogP contribution in [0.3, 0.4) is 0 Å².